The maximum atomic E-state index is 13.4. The van der Waals surface area contributed by atoms with Gasteiger partial charge >= 0.3 is 0 Å². The molecule has 0 spiro atoms. The molecule has 4 aromatic rings. The molecule has 7 heteroatoms. The Morgan fingerprint density at radius 3 is 2.36 bits per heavy atom. The largest absolute Gasteiger partial charge is 0.497 e. The van der Waals surface area contributed by atoms with Crippen molar-refractivity contribution in [3.05, 3.63) is 90.0 Å². The van der Waals surface area contributed by atoms with Gasteiger partial charge < -0.3 is 14.8 Å². The molecule has 198 valence electrons. The normalized spacial score (nSPS) is 11.4. The lowest BCUT2D eigenvalue weighted by molar-refractivity contribution is -0.115. The molecular formula is C32H31N3O3S. The maximum absolute atomic E-state index is 13.4. The van der Waals surface area contributed by atoms with Crippen molar-refractivity contribution >= 4 is 23.4 Å². The number of methoxy groups -OCH3 is 1. The van der Waals surface area contributed by atoms with E-state index in [1.54, 1.807) is 7.11 Å². The second kappa shape index (κ2) is 13.0. The highest BCUT2D eigenvalue weighted by Crippen LogP contribution is 2.37. The molecule has 0 saturated carbocycles. The summed E-state index contributed by atoms with van der Waals surface area (Å²) in [7, 11) is 1.63. The number of ether oxygens (including phenoxy) is 2. The van der Waals surface area contributed by atoms with Crippen LogP contribution in [0.3, 0.4) is 0 Å². The van der Waals surface area contributed by atoms with Gasteiger partial charge in [0.05, 0.1) is 35.9 Å². The molecule has 1 atom stereocenters. The number of benzene rings is 3. The second-order valence-electron chi connectivity index (χ2n) is 8.87. The minimum absolute atomic E-state index is 0.174. The fourth-order valence-electron chi connectivity index (χ4n) is 4.11. The summed E-state index contributed by atoms with van der Waals surface area (Å²) >= 11 is 1.30. The van der Waals surface area contributed by atoms with E-state index in [0.29, 0.717) is 40.7 Å². The lowest BCUT2D eigenvalue weighted by Gasteiger charge is -2.18. The minimum atomic E-state index is -0.476. The number of pyridine rings is 1. The number of nitriles is 1. The number of aryl methyl sites for hydroxylation is 1. The average molecular weight is 538 g/mol. The number of carbonyl (C=O) groups excluding carboxylic acids is 1. The van der Waals surface area contributed by atoms with Gasteiger partial charge in [-0.1, -0.05) is 60.6 Å². The molecule has 0 saturated heterocycles. The van der Waals surface area contributed by atoms with Crippen LogP contribution in [-0.2, 0) is 4.79 Å². The van der Waals surface area contributed by atoms with Crippen molar-refractivity contribution in [2.24, 2.45) is 0 Å². The van der Waals surface area contributed by atoms with Crippen LogP contribution in [0.4, 0.5) is 5.69 Å². The number of thioether (sulfide) groups is 1. The summed E-state index contributed by atoms with van der Waals surface area (Å²) in [5.74, 6) is 1.19. The summed E-state index contributed by atoms with van der Waals surface area (Å²) in [4.78, 5) is 18.3. The van der Waals surface area contributed by atoms with Gasteiger partial charge in [0.25, 0.3) is 0 Å². The van der Waals surface area contributed by atoms with Crippen molar-refractivity contribution in [3.8, 4) is 40.0 Å². The molecule has 3 aromatic carbocycles. The third-order valence-electron chi connectivity index (χ3n) is 6.21. The molecule has 1 N–H and O–H groups in total. The molecular weight excluding hydrogens is 506 g/mol. The van der Waals surface area contributed by atoms with E-state index in [1.165, 1.54) is 11.8 Å². The Hall–Kier alpha value is -4.28. The fraction of sp³-hybridized carbons (Fsp3) is 0.219. The standard InChI is InChI=1S/C32H31N3O3S/c1-5-30(31(36)34-27-9-7-8-10-29(27)38-6-2)39-32-26(20-33)25(22-13-11-21(3)12-14-22)19-28(35-32)23-15-17-24(37-4)18-16-23/h7-19,30H,5-6H2,1-4H3,(H,34,36). The van der Waals surface area contributed by atoms with Gasteiger partial charge in [-0.2, -0.15) is 5.26 Å². The number of para-hydroxylation sites is 2. The quantitative estimate of drug-likeness (QED) is 0.211. The Kier molecular flexibility index (Phi) is 9.24. The van der Waals surface area contributed by atoms with Crippen LogP contribution in [0.2, 0.25) is 0 Å². The van der Waals surface area contributed by atoms with E-state index in [0.717, 1.165) is 28.0 Å². The molecule has 0 radical (unpaired) electrons. The van der Waals surface area contributed by atoms with Crippen molar-refractivity contribution in [2.45, 2.75) is 37.5 Å². The Bertz CT molecular complexity index is 1480. The summed E-state index contributed by atoms with van der Waals surface area (Å²) in [5, 5.41) is 13.3. The van der Waals surface area contributed by atoms with Crippen LogP contribution < -0.4 is 14.8 Å². The molecule has 0 aliphatic carbocycles. The molecule has 6 nitrogen and oxygen atoms in total. The van der Waals surface area contributed by atoms with Crippen LogP contribution in [0.25, 0.3) is 22.4 Å². The Morgan fingerprint density at radius 2 is 1.72 bits per heavy atom. The van der Waals surface area contributed by atoms with Gasteiger partial charge in [-0.05, 0) is 68.3 Å². The Balaban J connectivity index is 1.75. The number of carbonyl (C=O) groups is 1. The zero-order valence-electron chi connectivity index (χ0n) is 22.5. The molecule has 1 unspecified atom stereocenters. The summed E-state index contributed by atoms with van der Waals surface area (Å²) in [5.41, 5.74) is 5.49. The minimum Gasteiger partial charge on any atom is -0.497 e. The number of amides is 1. The topological polar surface area (TPSA) is 84.2 Å². The van der Waals surface area contributed by atoms with Crippen LogP contribution >= 0.6 is 11.8 Å². The lowest BCUT2D eigenvalue weighted by atomic mass is 9.98. The predicted molar refractivity (Wildman–Crippen MR) is 157 cm³/mol. The van der Waals surface area contributed by atoms with Crippen molar-refractivity contribution in [3.63, 3.8) is 0 Å². The molecule has 39 heavy (non-hydrogen) atoms. The SMILES string of the molecule is CCOc1ccccc1NC(=O)C(CC)Sc1nc(-c2ccc(OC)cc2)cc(-c2ccc(C)cc2)c1C#N. The summed E-state index contributed by atoms with van der Waals surface area (Å²) < 4.78 is 11.0. The number of rotatable bonds is 10. The van der Waals surface area contributed by atoms with E-state index in [1.807, 2.05) is 99.6 Å². The van der Waals surface area contributed by atoms with Crippen LogP contribution in [0.15, 0.2) is 83.9 Å². The molecule has 4 rings (SSSR count). The van der Waals surface area contributed by atoms with Crippen molar-refractivity contribution < 1.29 is 14.3 Å². The van der Waals surface area contributed by atoms with Crippen molar-refractivity contribution in [1.29, 1.82) is 5.26 Å². The molecule has 0 fully saturated rings. The van der Waals surface area contributed by atoms with E-state index in [-0.39, 0.29) is 5.91 Å². The summed E-state index contributed by atoms with van der Waals surface area (Å²) in [6.45, 7) is 6.37. The smallest absolute Gasteiger partial charge is 0.238 e. The van der Waals surface area contributed by atoms with Crippen molar-refractivity contribution in [2.75, 3.05) is 19.0 Å². The zero-order chi connectivity index (χ0) is 27.8. The van der Waals surface area contributed by atoms with Crippen LogP contribution in [0, 0.1) is 18.3 Å². The molecule has 0 aliphatic heterocycles. The van der Waals surface area contributed by atoms with E-state index in [4.69, 9.17) is 14.5 Å². The first-order valence-corrected chi connectivity index (χ1v) is 13.7. The van der Waals surface area contributed by atoms with E-state index >= 15 is 0 Å². The molecule has 0 aliphatic rings. The first-order chi connectivity index (χ1) is 19.0. The van der Waals surface area contributed by atoms with E-state index in [2.05, 4.69) is 11.4 Å². The average Bonchev–Trinajstić information content (AvgIpc) is 2.97. The Morgan fingerprint density at radius 1 is 1.03 bits per heavy atom. The van der Waals surface area contributed by atoms with Crippen LogP contribution in [0.5, 0.6) is 11.5 Å². The van der Waals surface area contributed by atoms with Gasteiger partial charge in [0.2, 0.25) is 5.91 Å². The van der Waals surface area contributed by atoms with Gasteiger partial charge in [0.15, 0.2) is 0 Å². The number of hydrogen-bond acceptors (Lipinski definition) is 6. The lowest BCUT2D eigenvalue weighted by Crippen LogP contribution is -2.25. The van der Waals surface area contributed by atoms with Crippen LogP contribution in [-0.4, -0.2) is 29.9 Å². The first-order valence-electron chi connectivity index (χ1n) is 12.8. The number of anilines is 1. The molecule has 1 aromatic heterocycles. The summed E-state index contributed by atoms with van der Waals surface area (Å²) in [6, 6.07) is 27.4. The fourth-order valence-corrected chi connectivity index (χ4v) is 5.13. The predicted octanol–water partition coefficient (Wildman–Crippen LogP) is 7.51. The van der Waals surface area contributed by atoms with Gasteiger partial charge in [0, 0.05) is 11.1 Å². The third kappa shape index (κ3) is 6.60. The second-order valence-corrected chi connectivity index (χ2v) is 10.1. The summed E-state index contributed by atoms with van der Waals surface area (Å²) in [6.07, 6.45) is 0.548. The number of hydrogen-bond donors (Lipinski definition) is 1. The van der Waals surface area contributed by atoms with E-state index in [9.17, 15) is 10.1 Å². The maximum Gasteiger partial charge on any atom is 0.238 e. The first kappa shape index (κ1) is 27.7. The van der Waals surface area contributed by atoms with Gasteiger partial charge in [0.1, 0.15) is 22.6 Å². The molecule has 1 heterocycles. The van der Waals surface area contributed by atoms with Crippen LogP contribution in [0.1, 0.15) is 31.4 Å². The monoisotopic (exact) mass is 537 g/mol. The highest BCUT2D eigenvalue weighted by atomic mass is 32.2. The van der Waals surface area contributed by atoms with Gasteiger partial charge in [-0.3, -0.25) is 4.79 Å². The molecule has 1 amide bonds. The Labute approximate surface area is 234 Å². The zero-order valence-corrected chi connectivity index (χ0v) is 23.3. The number of nitrogens with zero attached hydrogens (tertiary/aromatic N) is 2. The highest BCUT2D eigenvalue weighted by molar-refractivity contribution is 8.00. The number of aromatic nitrogens is 1. The van der Waals surface area contributed by atoms with Gasteiger partial charge in [-0.25, -0.2) is 4.98 Å². The highest BCUT2D eigenvalue weighted by Gasteiger charge is 2.24. The number of nitrogens with one attached hydrogen (secondary N) is 1. The van der Waals surface area contributed by atoms with Crippen molar-refractivity contribution in [1.82, 2.24) is 4.98 Å². The third-order valence-corrected chi connectivity index (χ3v) is 7.56. The van der Waals surface area contributed by atoms with Gasteiger partial charge in [-0.15, -0.1) is 0 Å². The van der Waals surface area contributed by atoms with E-state index < -0.39 is 5.25 Å². The molecule has 0 bridgehead atoms.